The second-order valence-corrected chi connectivity index (χ2v) is 7.43. The quantitative estimate of drug-likeness (QED) is 0.357. The third kappa shape index (κ3) is 3.92. The van der Waals surface area contributed by atoms with Crippen LogP contribution < -0.4 is 5.56 Å². The van der Waals surface area contributed by atoms with Gasteiger partial charge in [0, 0.05) is 17.3 Å². The number of benzene rings is 1. The summed E-state index contributed by atoms with van der Waals surface area (Å²) in [5.41, 5.74) is 0.327. The lowest BCUT2D eigenvalue weighted by Gasteiger charge is -2.12. The van der Waals surface area contributed by atoms with E-state index in [2.05, 4.69) is 15.1 Å². The fourth-order valence-corrected chi connectivity index (χ4v) is 3.64. The molecule has 0 aliphatic carbocycles. The van der Waals surface area contributed by atoms with Crippen LogP contribution in [-0.4, -0.2) is 36.2 Å². The summed E-state index contributed by atoms with van der Waals surface area (Å²) in [7, 11) is 0. The Bertz CT molecular complexity index is 1280. The third-order valence-corrected chi connectivity index (χ3v) is 5.47. The van der Waals surface area contributed by atoms with E-state index in [1.165, 1.54) is 23.9 Å². The first-order valence-electron chi connectivity index (χ1n) is 8.60. The molecule has 30 heavy (non-hydrogen) atoms. The first-order chi connectivity index (χ1) is 14.2. The predicted molar refractivity (Wildman–Crippen MR) is 104 cm³/mol. The van der Waals surface area contributed by atoms with Crippen LogP contribution in [0, 0.1) is 12.7 Å². The van der Waals surface area contributed by atoms with Gasteiger partial charge in [0.1, 0.15) is 17.5 Å². The molecular formula is C19H13F4N5OS. The Labute approximate surface area is 171 Å². The fraction of sp³-hybridized carbons (Fsp3) is 0.158. The maximum Gasteiger partial charge on any atom is 0.398 e. The van der Waals surface area contributed by atoms with Gasteiger partial charge in [0.2, 0.25) is 0 Å². The van der Waals surface area contributed by atoms with Gasteiger partial charge in [-0.05, 0) is 36.8 Å². The zero-order valence-electron chi connectivity index (χ0n) is 15.4. The highest BCUT2D eigenvalue weighted by Gasteiger charge is 2.28. The van der Waals surface area contributed by atoms with E-state index in [0.717, 1.165) is 17.0 Å². The molecule has 4 rings (SSSR count). The van der Waals surface area contributed by atoms with Gasteiger partial charge in [0.25, 0.3) is 5.56 Å². The summed E-state index contributed by atoms with van der Waals surface area (Å²) in [5, 5.41) is 4.35. The lowest BCUT2D eigenvalue weighted by atomic mass is 10.2. The number of hydrogen-bond donors (Lipinski definition) is 0. The summed E-state index contributed by atoms with van der Waals surface area (Å²) in [6, 6.07) is 5.77. The van der Waals surface area contributed by atoms with Gasteiger partial charge in [-0.15, -0.1) is 16.9 Å². The SMILES string of the molecule is Cc1cc(F)c(-n2cnc3nn(-c4cccnc4)cc3c2=O)cc1SCC(F)(F)F. The number of fused-ring (bicyclic) bond motifs is 1. The van der Waals surface area contributed by atoms with E-state index in [-0.39, 0.29) is 21.6 Å². The Morgan fingerprint density at radius 2 is 2.03 bits per heavy atom. The molecule has 6 nitrogen and oxygen atoms in total. The lowest BCUT2D eigenvalue weighted by molar-refractivity contribution is -0.105. The topological polar surface area (TPSA) is 65.6 Å². The highest BCUT2D eigenvalue weighted by atomic mass is 32.2. The molecule has 0 spiro atoms. The van der Waals surface area contributed by atoms with Crippen LogP contribution in [0.25, 0.3) is 22.4 Å². The van der Waals surface area contributed by atoms with E-state index < -0.39 is 23.3 Å². The van der Waals surface area contributed by atoms with Gasteiger partial charge in [-0.2, -0.15) is 13.2 Å². The van der Waals surface area contributed by atoms with Crippen LogP contribution in [0.2, 0.25) is 0 Å². The van der Waals surface area contributed by atoms with Crippen LogP contribution in [0.5, 0.6) is 0 Å². The van der Waals surface area contributed by atoms with Crippen molar-refractivity contribution < 1.29 is 17.6 Å². The molecule has 0 fully saturated rings. The molecule has 0 bridgehead atoms. The normalized spacial score (nSPS) is 11.9. The minimum atomic E-state index is -4.37. The van der Waals surface area contributed by atoms with Crippen LogP contribution in [0.15, 0.2) is 58.9 Å². The largest absolute Gasteiger partial charge is 0.398 e. The van der Waals surface area contributed by atoms with Crippen molar-refractivity contribution in [2.75, 3.05) is 5.75 Å². The van der Waals surface area contributed by atoms with E-state index in [1.807, 2.05) is 0 Å². The van der Waals surface area contributed by atoms with Crippen LogP contribution >= 0.6 is 11.8 Å². The number of pyridine rings is 1. The summed E-state index contributed by atoms with van der Waals surface area (Å²) >= 11 is 0.532. The minimum Gasteiger partial charge on any atom is -0.268 e. The number of halogens is 4. The fourth-order valence-electron chi connectivity index (χ4n) is 2.84. The van der Waals surface area contributed by atoms with Crippen molar-refractivity contribution in [3.8, 4) is 11.4 Å². The van der Waals surface area contributed by atoms with E-state index in [9.17, 15) is 22.4 Å². The maximum atomic E-state index is 14.6. The van der Waals surface area contributed by atoms with Gasteiger partial charge < -0.3 is 0 Å². The van der Waals surface area contributed by atoms with Gasteiger partial charge in [-0.1, -0.05) is 0 Å². The molecule has 11 heteroatoms. The standard InChI is InChI=1S/C19H13F4N5OS/c1-11-5-14(20)15(6-16(11)30-9-19(21,22)23)27-10-25-17-13(18(27)29)8-28(26-17)12-3-2-4-24-7-12/h2-8,10H,9H2,1H3. The molecule has 0 saturated heterocycles. The smallest absolute Gasteiger partial charge is 0.268 e. The van der Waals surface area contributed by atoms with Crippen LogP contribution in [0.1, 0.15) is 5.56 Å². The molecule has 0 atom stereocenters. The Balaban J connectivity index is 1.79. The van der Waals surface area contributed by atoms with Gasteiger partial charge >= 0.3 is 6.18 Å². The number of alkyl halides is 3. The number of thioether (sulfide) groups is 1. The molecule has 0 aliphatic rings. The highest BCUT2D eigenvalue weighted by Crippen LogP contribution is 2.31. The lowest BCUT2D eigenvalue weighted by Crippen LogP contribution is -2.19. The minimum absolute atomic E-state index is 0.130. The van der Waals surface area contributed by atoms with E-state index >= 15 is 0 Å². The molecular weight excluding hydrogens is 422 g/mol. The summed E-state index contributed by atoms with van der Waals surface area (Å²) in [4.78, 5) is 21.3. The number of rotatable bonds is 4. The van der Waals surface area contributed by atoms with Crippen molar-refractivity contribution in [1.82, 2.24) is 24.3 Å². The van der Waals surface area contributed by atoms with Crippen LogP contribution in [0.3, 0.4) is 0 Å². The number of aromatic nitrogens is 5. The number of nitrogens with zero attached hydrogens (tertiary/aromatic N) is 5. The maximum absolute atomic E-state index is 14.6. The molecule has 0 radical (unpaired) electrons. The van der Waals surface area contributed by atoms with Crippen LogP contribution in [-0.2, 0) is 0 Å². The molecule has 1 aromatic carbocycles. The van der Waals surface area contributed by atoms with Gasteiger partial charge in [0.15, 0.2) is 5.65 Å². The first kappa shape index (κ1) is 20.1. The number of aryl methyl sites for hydroxylation is 1. The van der Waals surface area contributed by atoms with Crippen molar-refractivity contribution in [3.63, 3.8) is 0 Å². The molecule has 0 saturated carbocycles. The zero-order chi connectivity index (χ0) is 21.5. The Kier molecular flexibility index (Phi) is 5.06. The average molecular weight is 435 g/mol. The summed E-state index contributed by atoms with van der Waals surface area (Å²) in [6.07, 6.45) is 1.32. The molecule has 0 unspecified atom stereocenters. The molecule has 3 heterocycles. The molecule has 0 aliphatic heterocycles. The van der Waals surface area contributed by atoms with Crippen molar-refractivity contribution in [2.24, 2.45) is 0 Å². The van der Waals surface area contributed by atoms with E-state index in [4.69, 9.17) is 0 Å². The van der Waals surface area contributed by atoms with Crippen molar-refractivity contribution in [2.45, 2.75) is 18.0 Å². The molecule has 154 valence electrons. The van der Waals surface area contributed by atoms with E-state index in [0.29, 0.717) is 23.0 Å². The van der Waals surface area contributed by atoms with E-state index in [1.54, 1.807) is 24.5 Å². The molecule has 0 N–H and O–H groups in total. The highest BCUT2D eigenvalue weighted by molar-refractivity contribution is 7.99. The van der Waals surface area contributed by atoms with Gasteiger partial charge in [0.05, 0.1) is 23.3 Å². The predicted octanol–water partition coefficient (Wildman–Crippen LogP) is 4.07. The Hall–Kier alpha value is -3.21. The molecule has 4 aromatic rings. The number of hydrogen-bond acceptors (Lipinski definition) is 5. The molecule has 3 aromatic heterocycles. The van der Waals surface area contributed by atoms with Gasteiger partial charge in [-0.3, -0.25) is 14.3 Å². The second kappa shape index (κ2) is 7.56. The van der Waals surface area contributed by atoms with Gasteiger partial charge in [-0.25, -0.2) is 14.1 Å². The summed E-state index contributed by atoms with van der Waals surface area (Å²) < 4.78 is 54.7. The monoisotopic (exact) mass is 435 g/mol. The first-order valence-corrected chi connectivity index (χ1v) is 9.59. The van der Waals surface area contributed by atoms with Crippen molar-refractivity contribution >= 4 is 22.8 Å². The summed E-state index contributed by atoms with van der Waals surface area (Å²) in [6.45, 7) is 1.51. The van der Waals surface area contributed by atoms with Crippen molar-refractivity contribution in [1.29, 1.82) is 0 Å². The van der Waals surface area contributed by atoms with Crippen LogP contribution in [0.4, 0.5) is 17.6 Å². The third-order valence-electron chi connectivity index (χ3n) is 4.25. The van der Waals surface area contributed by atoms with Crippen molar-refractivity contribution in [3.05, 3.63) is 70.9 Å². The Morgan fingerprint density at radius 3 is 2.73 bits per heavy atom. The Morgan fingerprint density at radius 1 is 1.23 bits per heavy atom. The zero-order valence-corrected chi connectivity index (χ0v) is 16.2. The second-order valence-electron chi connectivity index (χ2n) is 6.41. The average Bonchev–Trinajstić information content (AvgIpc) is 3.13. The molecule has 0 amide bonds. The summed E-state index contributed by atoms with van der Waals surface area (Å²) in [5.74, 6) is -1.87.